The minimum Gasteiger partial charge on any atom is -0.489 e. The van der Waals surface area contributed by atoms with Gasteiger partial charge >= 0.3 is 5.97 Å². The standard InChI is InChI=1S/C18H17Cl2NO3/c1-3-11(2)24-17-7-4-12(8-16(17)20)10-21-13-5-6-14(18(22)23)15(19)9-13/h4-11H,3H2,1-2H3,(H,22,23)/t11-/m1/s1. The zero-order valence-corrected chi connectivity index (χ0v) is 14.8. The second-order valence-electron chi connectivity index (χ2n) is 5.25. The van der Waals surface area contributed by atoms with Gasteiger partial charge in [0, 0.05) is 6.21 Å². The van der Waals surface area contributed by atoms with Crippen LogP contribution in [-0.4, -0.2) is 23.4 Å². The van der Waals surface area contributed by atoms with Crippen LogP contribution >= 0.6 is 23.2 Å². The molecule has 0 aliphatic heterocycles. The second-order valence-corrected chi connectivity index (χ2v) is 6.07. The summed E-state index contributed by atoms with van der Waals surface area (Å²) >= 11 is 12.1. The number of aliphatic imine (C=N–C) groups is 1. The summed E-state index contributed by atoms with van der Waals surface area (Å²) in [7, 11) is 0. The molecule has 0 aromatic heterocycles. The van der Waals surface area contributed by atoms with Crippen molar-refractivity contribution in [3.05, 3.63) is 57.6 Å². The summed E-state index contributed by atoms with van der Waals surface area (Å²) in [5, 5.41) is 9.61. The molecule has 0 spiro atoms. The van der Waals surface area contributed by atoms with Crippen molar-refractivity contribution in [3.63, 3.8) is 0 Å². The van der Waals surface area contributed by atoms with Gasteiger partial charge in [0.05, 0.1) is 27.4 Å². The largest absolute Gasteiger partial charge is 0.489 e. The molecule has 0 unspecified atom stereocenters. The Morgan fingerprint density at radius 3 is 2.58 bits per heavy atom. The maximum Gasteiger partial charge on any atom is 0.337 e. The van der Waals surface area contributed by atoms with Crippen LogP contribution in [0.15, 0.2) is 41.4 Å². The van der Waals surface area contributed by atoms with Gasteiger partial charge in [0.2, 0.25) is 0 Å². The van der Waals surface area contributed by atoms with Crippen LogP contribution in [0, 0.1) is 0 Å². The Morgan fingerprint density at radius 1 is 1.25 bits per heavy atom. The highest BCUT2D eigenvalue weighted by Gasteiger charge is 2.09. The molecule has 0 amide bonds. The number of hydrogen-bond acceptors (Lipinski definition) is 3. The van der Waals surface area contributed by atoms with Crippen molar-refractivity contribution in [1.82, 2.24) is 0 Å². The van der Waals surface area contributed by atoms with Crippen LogP contribution in [0.5, 0.6) is 5.75 Å². The Bertz CT molecular complexity index is 775. The predicted octanol–water partition coefficient (Wildman–Crippen LogP) is 5.62. The number of benzene rings is 2. The molecule has 0 saturated carbocycles. The molecule has 1 N–H and O–H groups in total. The summed E-state index contributed by atoms with van der Waals surface area (Å²) in [5.41, 5.74) is 1.40. The lowest BCUT2D eigenvalue weighted by Gasteiger charge is -2.13. The van der Waals surface area contributed by atoms with Crippen molar-refractivity contribution in [2.75, 3.05) is 0 Å². The number of hydrogen-bond donors (Lipinski definition) is 1. The lowest BCUT2D eigenvalue weighted by Crippen LogP contribution is -2.09. The zero-order chi connectivity index (χ0) is 17.7. The van der Waals surface area contributed by atoms with Gasteiger partial charge in [-0.05, 0) is 55.3 Å². The van der Waals surface area contributed by atoms with Crippen molar-refractivity contribution in [3.8, 4) is 5.75 Å². The van der Waals surface area contributed by atoms with Gasteiger partial charge in [-0.25, -0.2) is 4.79 Å². The van der Waals surface area contributed by atoms with Gasteiger partial charge in [-0.2, -0.15) is 0 Å². The van der Waals surface area contributed by atoms with Gasteiger partial charge in [-0.3, -0.25) is 4.99 Å². The Labute approximate surface area is 150 Å². The summed E-state index contributed by atoms with van der Waals surface area (Å²) in [6.45, 7) is 4.02. The monoisotopic (exact) mass is 365 g/mol. The molecule has 24 heavy (non-hydrogen) atoms. The van der Waals surface area contributed by atoms with Crippen molar-refractivity contribution >= 4 is 41.1 Å². The molecular weight excluding hydrogens is 349 g/mol. The average Bonchev–Trinajstić information content (AvgIpc) is 2.54. The number of halogens is 2. The molecule has 2 aromatic rings. The smallest absolute Gasteiger partial charge is 0.337 e. The van der Waals surface area contributed by atoms with Gasteiger partial charge in [0.15, 0.2) is 0 Å². The molecule has 2 rings (SSSR count). The van der Waals surface area contributed by atoms with Crippen LogP contribution < -0.4 is 4.74 Å². The van der Waals surface area contributed by atoms with Gasteiger partial charge in [-0.15, -0.1) is 0 Å². The molecule has 0 heterocycles. The van der Waals surface area contributed by atoms with Crippen LogP contribution in [0.4, 0.5) is 5.69 Å². The number of carboxylic acid groups (broad SMARTS) is 1. The van der Waals surface area contributed by atoms with E-state index in [9.17, 15) is 4.79 Å². The normalized spacial score (nSPS) is 12.3. The summed E-state index contributed by atoms with van der Waals surface area (Å²) in [5.74, 6) is -0.434. The van der Waals surface area contributed by atoms with E-state index in [-0.39, 0.29) is 16.7 Å². The van der Waals surface area contributed by atoms with E-state index in [1.165, 1.54) is 12.1 Å². The van der Waals surface area contributed by atoms with Gasteiger partial charge < -0.3 is 9.84 Å². The molecule has 0 fully saturated rings. The number of nitrogens with zero attached hydrogens (tertiary/aromatic N) is 1. The maximum absolute atomic E-state index is 10.9. The first-order valence-electron chi connectivity index (χ1n) is 7.43. The van der Waals surface area contributed by atoms with Crippen LogP contribution in [0.1, 0.15) is 36.2 Å². The SMILES string of the molecule is CC[C@@H](C)Oc1ccc(C=Nc2ccc(C(=O)O)c(Cl)c2)cc1Cl. The minimum atomic E-state index is -1.07. The third-order valence-electron chi connectivity index (χ3n) is 3.40. The van der Waals surface area contributed by atoms with E-state index in [4.69, 9.17) is 33.0 Å². The molecule has 0 aliphatic carbocycles. The number of carboxylic acids is 1. The van der Waals surface area contributed by atoms with Crippen LogP contribution in [0.2, 0.25) is 10.0 Å². The average molecular weight is 366 g/mol. The predicted molar refractivity (Wildman–Crippen MR) is 97.5 cm³/mol. The first-order chi connectivity index (χ1) is 11.4. The van der Waals surface area contributed by atoms with Gasteiger partial charge in [0.1, 0.15) is 5.75 Å². The summed E-state index contributed by atoms with van der Waals surface area (Å²) in [4.78, 5) is 15.2. The minimum absolute atomic E-state index is 0.0465. The lowest BCUT2D eigenvalue weighted by molar-refractivity contribution is 0.0697. The Kier molecular flexibility index (Phi) is 6.23. The van der Waals surface area contributed by atoms with E-state index >= 15 is 0 Å². The lowest BCUT2D eigenvalue weighted by atomic mass is 10.2. The fourth-order valence-electron chi connectivity index (χ4n) is 1.90. The molecule has 4 nitrogen and oxygen atoms in total. The highest BCUT2D eigenvalue weighted by Crippen LogP contribution is 2.27. The Balaban J connectivity index is 2.16. The molecule has 1 atom stereocenters. The topological polar surface area (TPSA) is 58.9 Å². The highest BCUT2D eigenvalue weighted by molar-refractivity contribution is 6.33. The Hall–Kier alpha value is -2.04. The van der Waals surface area contributed by atoms with Crippen LogP contribution in [-0.2, 0) is 0 Å². The van der Waals surface area contributed by atoms with E-state index in [2.05, 4.69) is 4.99 Å². The quantitative estimate of drug-likeness (QED) is 0.675. The summed E-state index contributed by atoms with van der Waals surface area (Å²) in [6.07, 6.45) is 2.62. The first kappa shape index (κ1) is 18.3. The summed E-state index contributed by atoms with van der Waals surface area (Å²) in [6, 6.07) is 9.93. The van der Waals surface area contributed by atoms with Crippen LogP contribution in [0.25, 0.3) is 0 Å². The van der Waals surface area contributed by atoms with Crippen LogP contribution in [0.3, 0.4) is 0 Å². The maximum atomic E-state index is 10.9. The number of aromatic carboxylic acids is 1. The third-order valence-corrected chi connectivity index (χ3v) is 4.01. The van der Waals surface area contributed by atoms with E-state index in [1.54, 1.807) is 24.4 Å². The molecule has 0 aliphatic rings. The fourth-order valence-corrected chi connectivity index (χ4v) is 2.39. The molecule has 0 saturated heterocycles. The van der Waals surface area contributed by atoms with Crippen molar-refractivity contribution < 1.29 is 14.6 Å². The van der Waals surface area contributed by atoms with Gasteiger partial charge in [-0.1, -0.05) is 30.1 Å². The van der Waals surface area contributed by atoms with Gasteiger partial charge in [0.25, 0.3) is 0 Å². The van der Waals surface area contributed by atoms with E-state index in [1.807, 2.05) is 19.9 Å². The van der Waals surface area contributed by atoms with Crippen molar-refractivity contribution in [1.29, 1.82) is 0 Å². The Morgan fingerprint density at radius 2 is 2.00 bits per heavy atom. The molecule has 6 heteroatoms. The van der Waals surface area contributed by atoms with E-state index in [0.29, 0.717) is 16.5 Å². The third kappa shape index (κ3) is 4.73. The summed E-state index contributed by atoms with van der Waals surface area (Å²) < 4.78 is 5.71. The molecule has 0 radical (unpaired) electrons. The molecule has 2 aromatic carbocycles. The van der Waals surface area contributed by atoms with E-state index in [0.717, 1.165) is 12.0 Å². The molecule has 126 valence electrons. The number of carbonyl (C=O) groups is 1. The zero-order valence-electron chi connectivity index (χ0n) is 13.3. The molecular formula is C18H17Cl2NO3. The van der Waals surface area contributed by atoms with Crippen molar-refractivity contribution in [2.45, 2.75) is 26.4 Å². The van der Waals surface area contributed by atoms with E-state index < -0.39 is 5.97 Å². The molecule has 0 bridgehead atoms. The number of ether oxygens (including phenoxy) is 1. The highest BCUT2D eigenvalue weighted by atomic mass is 35.5. The first-order valence-corrected chi connectivity index (χ1v) is 8.19. The second kappa shape index (κ2) is 8.18. The number of rotatable bonds is 6. The fraction of sp³-hybridized carbons (Fsp3) is 0.222. The van der Waals surface area contributed by atoms with Crippen molar-refractivity contribution in [2.24, 2.45) is 4.99 Å².